The highest BCUT2D eigenvalue weighted by Gasteiger charge is 2.12. The molecule has 1 unspecified atom stereocenters. The van der Waals surface area contributed by atoms with Crippen LogP contribution in [0.5, 0.6) is 0 Å². The van der Waals surface area contributed by atoms with Gasteiger partial charge >= 0.3 is 0 Å². The second kappa shape index (κ2) is 8.78. The predicted octanol–water partition coefficient (Wildman–Crippen LogP) is 4.14. The second-order valence-corrected chi connectivity index (χ2v) is 5.92. The molecule has 0 fully saturated rings. The van der Waals surface area contributed by atoms with E-state index in [1.807, 2.05) is 17.8 Å². The summed E-state index contributed by atoms with van der Waals surface area (Å²) in [5.41, 5.74) is 0.891. The summed E-state index contributed by atoms with van der Waals surface area (Å²) < 4.78 is 13.4. The summed E-state index contributed by atoms with van der Waals surface area (Å²) in [6.07, 6.45) is 1.88. The number of benzene rings is 1. The number of nitrogens with one attached hydrogen (secondary N) is 1. The van der Waals surface area contributed by atoms with Crippen molar-refractivity contribution in [3.63, 3.8) is 0 Å². The van der Waals surface area contributed by atoms with Gasteiger partial charge in [0.25, 0.3) is 0 Å². The molecular weight excluding hydrogens is 269 g/mol. The molecule has 1 nitrogen and oxygen atoms in total. The number of hydrogen-bond acceptors (Lipinski definition) is 2. The van der Waals surface area contributed by atoms with Crippen LogP contribution in [0.4, 0.5) is 4.39 Å². The molecule has 0 saturated heterocycles. The first-order chi connectivity index (χ1) is 8.69. The van der Waals surface area contributed by atoms with Gasteiger partial charge in [0.05, 0.1) is 5.02 Å². The zero-order valence-electron chi connectivity index (χ0n) is 11.0. The Balaban J connectivity index is 2.65. The number of rotatable bonds is 8. The zero-order valence-corrected chi connectivity index (χ0v) is 12.6. The summed E-state index contributed by atoms with van der Waals surface area (Å²) in [6.45, 7) is 5.28. The van der Waals surface area contributed by atoms with Gasteiger partial charge in [-0.1, -0.05) is 37.6 Å². The average molecular weight is 290 g/mol. The fourth-order valence-electron chi connectivity index (χ4n) is 1.77. The van der Waals surface area contributed by atoms with E-state index in [0.717, 1.165) is 36.5 Å². The molecule has 0 aliphatic rings. The first-order valence-corrected chi connectivity index (χ1v) is 7.96. The van der Waals surface area contributed by atoms with E-state index in [4.69, 9.17) is 11.6 Å². The number of halogens is 2. The van der Waals surface area contributed by atoms with E-state index in [1.54, 1.807) is 6.07 Å². The Morgan fingerprint density at radius 2 is 2.17 bits per heavy atom. The summed E-state index contributed by atoms with van der Waals surface area (Å²) in [5.74, 6) is 1.80. The van der Waals surface area contributed by atoms with Crippen LogP contribution in [0.3, 0.4) is 0 Å². The van der Waals surface area contributed by atoms with E-state index in [-0.39, 0.29) is 10.8 Å². The standard InChI is InChI=1S/C14H21ClFNS/c1-3-8-17-12(10-18-4-2)9-11-6-5-7-13(16)14(11)15/h5-7,12,17H,3-4,8-10H2,1-2H3. The predicted molar refractivity (Wildman–Crippen MR) is 80.2 cm³/mol. The minimum atomic E-state index is -0.327. The lowest BCUT2D eigenvalue weighted by atomic mass is 10.1. The third-order valence-corrected chi connectivity index (χ3v) is 4.17. The van der Waals surface area contributed by atoms with Crippen molar-refractivity contribution in [2.45, 2.75) is 32.7 Å². The highest BCUT2D eigenvalue weighted by molar-refractivity contribution is 7.99. The van der Waals surface area contributed by atoms with Gasteiger partial charge in [-0.25, -0.2) is 4.39 Å². The third-order valence-electron chi connectivity index (χ3n) is 2.70. The van der Waals surface area contributed by atoms with E-state index >= 15 is 0 Å². The number of hydrogen-bond donors (Lipinski definition) is 1. The summed E-state index contributed by atoms with van der Waals surface area (Å²) >= 11 is 7.89. The van der Waals surface area contributed by atoms with E-state index in [2.05, 4.69) is 19.2 Å². The van der Waals surface area contributed by atoms with Crippen molar-refractivity contribution < 1.29 is 4.39 Å². The quantitative estimate of drug-likeness (QED) is 0.772. The highest BCUT2D eigenvalue weighted by atomic mass is 35.5. The van der Waals surface area contributed by atoms with Crippen LogP contribution in [0, 0.1) is 5.82 Å². The molecule has 0 bridgehead atoms. The van der Waals surface area contributed by atoms with Crippen LogP contribution >= 0.6 is 23.4 Å². The molecule has 18 heavy (non-hydrogen) atoms. The molecule has 0 spiro atoms. The normalized spacial score (nSPS) is 12.7. The fourth-order valence-corrected chi connectivity index (χ4v) is 2.73. The maximum Gasteiger partial charge on any atom is 0.142 e. The fraction of sp³-hybridized carbons (Fsp3) is 0.571. The lowest BCUT2D eigenvalue weighted by Gasteiger charge is -2.18. The van der Waals surface area contributed by atoms with Gasteiger partial charge in [-0.15, -0.1) is 0 Å². The zero-order chi connectivity index (χ0) is 13.4. The Morgan fingerprint density at radius 3 is 2.83 bits per heavy atom. The Labute approximate surface area is 118 Å². The lowest BCUT2D eigenvalue weighted by molar-refractivity contribution is 0.547. The van der Waals surface area contributed by atoms with Crippen molar-refractivity contribution in [1.29, 1.82) is 0 Å². The maximum atomic E-state index is 13.4. The van der Waals surface area contributed by atoms with Crippen LogP contribution in [-0.4, -0.2) is 24.1 Å². The molecule has 0 radical (unpaired) electrons. The molecule has 1 aromatic rings. The van der Waals surface area contributed by atoms with E-state index in [9.17, 15) is 4.39 Å². The largest absolute Gasteiger partial charge is 0.313 e. The van der Waals surface area contributed by atoms with Gasteiger partial charge in [0.1, 0.15) is 5.82 Å². The topological polar surface area (TPSA) is 12.0 Å². The minimum absolute atomic E-state index is 0.266. The molecule has 0 aliphatic carbocycles. The molecule has 0 aliphatic heterocycles. The van der Waals surface area contributed by atoms with Crippen molar-refractivity contribution in [1.82, 2.24) is 5.32 Å². The molecule has 102 valence electrons. The van der Waals surface area contributed by atoms with Gasteiger partial charge in [0.15, 0.2) is 0 Å². The summed E-state index contributed by atoms with van der Waals surface area (Å²) in [5, 5.41) is 3.76. The lowest BCUT2D eigenvalue weighted by Crippen LogP contribution is -2.34. The van der Waals surface area contributed by atoms with Gasteiger partial charge in [-0.05, 0) is 36.8 Å². The summed E-state index contributed by atoms with van der Waals surface area (Å²) in [7, 11) is 0. The van der Waals surface area contributed by atoms with Crippen LogP contribution in [0.15, 0.2) is 18.2 Å². The Kier molecular flexibility index (Phi) is 7.71. The maximum absolute atomic E-state index is 13.4. The van der Waals surface area contributed by atoms with Gasteiger partial charge in [-0.3, -0.25) is 0 Å². The Bertz CT molecular complexity index is 352. The van der Waals surface area contributed by atoms with Crippen molar-refractivity contribution >= 4 is 23.4 Å². The molecule has 4 heteroatoms. The summed E-state index contributed by atoms with van der Waals surface area (Å²) in [4.78, 5) is 0. The summed E-state index contributed by atoms with van der Waals surface area (Å²) in [6, 6.07) is 5.39. The second-order valence-electron chi connectivity index (χ2n) is 4.23. The van der Waals surface area contributed by atoms with E-state index in [1.165, 1.54) is 6.07 Å². The van der Waals surface area contributed by atoms with Crippen LogP contribution in [0.1, 0.15) is 25.8 Å². The minimum Gasteiger partial charge on any atom is -0.313 e. The van der Waals surface area contributed by atoms with Gasteiger partial charge < -0.3 is 5.32 Å². The Hall–Kier alpha value is -0.250. The van der Waals surface area contributed by atoms with Gasteiger partial charge in [0, 0.05) is 11.8 Å². The SMILES string of the molecule is CCCNC(CSCC)Cc1cccc(F)c1Cl. The van der Waals surface area contributed by atoms with E-state index in [0.29, 0.717) is 6.04 Å². The first-order valence-electron chi connectivity index (χ1n) is 6.43. The molecule has 1 atom stereocenters. The van der Waals surface area contributed by atoms with Crippen LogP contribution in [0.2, 0.25) is 5.02 Å². The molecule has 1 N–H and O–H groups in total. The van der Waals surface area contributed by atoms with Gasteiger partial charge in [0.2, 0.25) is 0 Å². The molecule has 1 rings (SSSR count). The number of thioether (sulfide) groups is 1. The highest BCUT2D eigenvalue weighted by Crippen LogP contribution is 2.21. The van der Waals surface area contributed by atoms with Crippen LogP contribution in [0.25, 0.3) is 0 Å². The average Bonchev–Trinajstić information content (AvgIpc) is 2.38. The first kappa shape index (κ1) is 15.8. The molecule has 0 amide bonds. The van der Waals surface area contributed by atoms with Crippen molar-refractivity contribution in [3.8, 4) is 0 Å². The molecule has 0 saturated carbocycles. The van der Waals surface area contributed by atoms with Crippen LogP contribution < -0.4 is 5.32 Å². The molecule has 0 heterocycles. The monoisotopic (exact) mass is 289 g/mol. The Morgan fingerprint density at radius 1 is 1.39 bits per heavy atom. The van der Waals surface area contributed by atoms with Gasteiger partial charge in [-0.2, -0.15) is 11.8 Å². The van der Waals surface area contributed by atoms with Crippen molar-refractivity contribution in [2.75, 3.05) is 18.1 Å². The smallest absolute Gasteiger partial charge is 0.142 e. The van der Waals surface area contributed by atoms with Crippen molar-refractivity contribution in [3.05, 3.63) is 34.6 Å². The molecular formula is C14H21ClFNS. The third kappa shape index (κ3) is 5.17. The van der Waals surface area contributed by atoms with Crippen LogP contribution in [-0.2, 0) is 6.42 Å². The molecule has 0 aromatic heterocycles. The van der Waals surface area contributed by atoms with E-state index < -0.39 is 0 Å². The molecule has 1 aromatic carbocycles. The van der Waals surface area contributed by atoms with Crippen molar-refractivity contribution in [2.24, 2.45) is 0 Å².